The molecule has 1 unspecified atom stereocenters. The number of halogens is 1. The van der Waals surface area contributed by atoms with Gasteiger partial charge in [-0.1, -0.05) is 0 Å². The first-order valence-electron chi connectivity index (χ1n) is 7.77. The normalized spacial score (nSPS) is 19.0. The third kappa shape index (κ3) is 3.86. The highest BCUT2D eigenvalue weighted by atomic mass is 79.9. The van der Waals surface area contributed by atoms with Gasteiger partial charge in [0.05, 0.1) is 11.9 Å². The average molecular weight is 357 g/mol. The van der Waals surface area contributed by atoms with E-state index in [2.05, 4.69) is 45.1 Å². The predicted octanol–water partition coefficient (Wildman–Crippen LogP) is 2.24. The van der Waals surface area contributed by atoms with Gasteiger partial charge >= 0.3 is 0 Å². The lowest BCUT2D eigenvalue weighted by molar-refractivity contribution is 0.370. The lowest BCUT2D eigenvalue weighted by Crippen LogP contribution is -2.42. The number of rotatable bonds is 5. The van der Waals surface area contributed by atoms with Crippen LogP contribution in [-0.4, -0.2) is 35.5 Å². The van der Waals surface area contributed by atoms with Crippen LogP contribution < -0.4 is 15.8 Å². The molecular formula is C15H25BrN4O. The van der Waals surface area contributed by atoms with Crippen LogP contribution in [0.25, 0.3) is 0 Å². The van der Waals surface area contributed by atoms with Crippen LogP contribution in [-0.2, 0) is 6.54 Å². The van der Waals surface area contributed by atoms with Crippen LogP contribution in [0.2, 0.25) is 0 Å². The molecule has 0 spiro atoms. The van der Waals surface area contributed by atoms with Gasteiger partial charge in [0.1, 0.15) is 4.47 Å². The smallest absolute Gasteiger partial charge is 0.283 e. The Morgan fingerprint density at radius 3 is 2.90 bits per heavy atom. The lowest BCUT2D eigenvalue weighted by atomic mass is 9.98. The zero-order chi connectivity index (χ0) is 15.4. The third-order valence-corrected chi connectivity index (χ3v) is 4.80. The van der Waals surface area contributed by atoms with E-state index >= 15 is 0 Å². The molecular weight excluding hydrogens is 332 g/mol. The Labute approximate surface area is 134 Å². The minimum atomic E-state index is -0.0533. The van der Waals surface area contributed by atoms with Crippen molar-refractivity contribution < 1.29 is 0 Å². The van der Waals surface area contributed by atoms with E-state index in [-0.39, 0.29) is 5.56 Å². The molecule has 1 aromatic heterocycles. The van der Waals surface area contributed by atoms with Crippen molar-refractivity contribution in [2.45, 2.75) is 46.2 Å². The van der Waals surface area contributed by atoms with E-state index < -0.39 is 0 Å². The fraction of sp³-hybridized carbons (Fsp3) is 0.733. The number of piperidine rings is 1. The SMILES string of the molecule is CCn1ncc(N(CC2CCCNC2)C(C)C)c(Br)c1=O. The Bertz CT molecular complexity index is 523. The molecule has 1 N–H and O–H groups in total. The summed E-state index contributed by atoms with van der Waals surface area (Å²) in [7, 11) is 0. The van der Waals surface area contributed by atoms with E-state index in [9.17, 15) is 4.79 Å². The Morgan fingerprint density at radius 2 is 2.33 bits per heavy atom. The van der Waals surface area contributed by atoms with Crippen molar-refractivity contribution in [2.24, 2.45) is 5.92 Å². The van der Waals surface area contributed by atoms with E-state index in [4.69, 9.17) is 0 Å². The van der Waals surface area contributed by atoms with E-state index in [1.165, 1.54) is 17.5 Å². The summed E-state index contributed by atoms with van der Waals surface area (Å²) in [4.78, 5) is 14.5. The van der Waals surface area contributed by atoms with Gasteiger partial charge < -0.3 is 10.2 Å². The summed E-state index contributed by atoms with van der Waals surface area (Å²) in [5.74, 6) is 0.627. The van der Waals surface area contributed by atoms with Crippen molar-refractivity contribution in [3.63, 3.8) is 0 Å². The number of aromatic nitrogens is 2. The Morgan fingerprint density at radius 1 is 1.57 bits per heavy atom. The van der Waals surface area contributed by atoms with Crippen molar-refractivity contribution >= 4 is 21.6 Å². The van der Waals surface area contributed by atoms with Crippen molar-refractivity contribution in [1.82, 2.24) is 15.1 Å². The molecule has 0 aliphatic carbocycles. The van der Waals surface area contributed by atoms with Crippen LogP contribution in [0.4, 0.5) is 5.69 Å². The first-order chi connectivity index (χ1) is 10.0. The van der Waals surface area contributed by atoms with Crippen LogP contribution in [0.3, 0.4) is 0 Å². The molecule has 0 bridgehead atoms. The van der Waals surface area contributed by atoms with E-state index in [0.29, 0.717) is 23.0 Å². The molecule has 1 aromatic rings. The second-order valence-electron chi connectivity index (χ2n) is 5.92. The van der Waals surface area contributed by atoms with E-state index in [0.717, 1.165) is 25.3 Å². The molecule has 0 aromatic carbocycles. The summed E-state index contributed by atoms with van der Waals surface area (Å²) in [5.41, 5.74) is 0.854. The molecule has 6 heteroatoms. The van der Waals surface area contributed by atoms with Crippen molar-refractivity contribution in [3.8, 4) is 0 Å². The molecule has 118 valence electrons. The highest BCUT2D eigenvalue weighted by molar-refractivity contribution is 9.10. The van der Waals surface area contributed by atoms with Gasteiger partial charge in [0.25, 0.3) is 5.56 Å². The second-order valence-corrected chi connectivity index (χ2v) is 6.72. The number of aryl methyl sites for hydroxylation is 1. The summed E-state index contributed by atoms with van der Waals surface area (Å²) >= 11 is 3.47. The van der Waals surface area contributed by atoms with Crippen LogP contribution in [0.1, 0.15) is 33.6 Å². The Hall–Kier alpha value is -0.880. The summed E-state index contributed by atoms with van der Waals surface area (Å²) < 4.78 is 2.10. The molecule has 1 atom stereocenters. The highest BCUT2D eigenvalue weighted by Gasteiger charge is 2.22. The van der Waals surface area contributed by atoms with Crippen LogP contribution >= 0.6 is 15.9 Å². The van der Waals surface area contributed by atoms with Gasteiger partial charge in [-0.2, -0.15) is 5.10 Å². The maximum Gasteiger partial charge on any atom is 0.283 e. The summed E-state index contributed by atoms with van der Waals surface area (Å²) in [6.07, 6.45) is 4.28. The molecule has 1 saturated heterocycles. The molecule has 1 aliphatic heterocycles. The molecule has 0 saturated carbocycles. The molecule has 21 heavy (non-hydrogen) atoms. The number of anilines is 1. The molecule has 0 amide bonds. The van der Waals surface area contributed by atoms with Gasteiger partial charge in [-0.25, -0.2) is 4.68 Å². The van der Waals surface area contributed by atoms with Gasteiger partial charge in [-0.3, -0.25) is 4.79 Å². The lowest BCUT2D eigenvalue weighted by Gasteiger charge is -2.34. The highest BCUT2D eigenvalue weighted by Crippen LogP contribution is 2.26. The van der Waals surface area contributed by atoms with Gasteiger partial charge in [0.2, 0.25) is 0 Å². The van der Waals surface area contributed by atoms with Gasteiger partial charge in [-0.15, -0.1) is 0 Å². The van der Waals surface area contributed by atoms with E-state index in [1.54, 1.807) is 0 Å². The summed E-state index contributed by atoms with van der Waals surface area (Å²) in [5, 5.41) is 7.73. The van der Waals surface area contributed by atoms with Crippen molar-refractivity contribution in [1.29, 1.82) is 0 Å². The largest absolute Gasteiger partial charge is 0.366 e. The van der Waals surface area contributed by atoms with Crippen molar-refractivity contribution in [3.05, 3.63) is 21.0 Å². The number of nitrogens with zero attached hydrogens (tertiary/aromatic N) is 3. The van der Waals surface area contributed by atoms with Crippen LogP contribution in [0.15, 0.2) is 15.5 Å². The van der Waals surface area contributed by atoms with Gasteiger partial charge in [-0.05, 0) is 68.6 Å². The summed E-state index contributed by atoms with van der Waals surface area (Å²) in [6, 6.07) is 0.335. The third-order valence-electron chi connectivity index (χ3n) is 4.05. The zero-order valence-corrected chi connectivity index (χ0v) is 14.7. The topological polar surface area (TPSA) is 50.2 Å². The molecule has 2 rings (SSSR count). The van der Waals surface area contributed by atoms with Crippen LogP contribution in [0.5, 0.6) is 0 Å². The average Bonchev–Trinajstić information content (AvgIpc) is 2.49. The molecule has 2 heterocycles. The number of hydrogen-bond acceptors (Lipinski definition) is 4. The zero-order valence-electron chi connectivity index (χ0n) is 13.1. The summed E-state index contributed by atoms with van der Waals surface area (Å²) in [6.45, 7) is 9.97. The fourth-order valence-electron chi connectivity index (χ4n) is 2.83. The monoisotopic (exact) mass is 356 g/mol. The minimum absolute atomic E-state index is 0.0533. The second kappa shape index (κ2) is 7.40. The first-order valence-corrected chi connectivity index (χ1v) is 8.56. The fourth-order valence-corrected chi connectivity index (χ4v) is 3.36. The minimum Gasteiger partial charge on any atom is -0.366 e. The van der Waals surface area contributed by atoms with Gasteiger partial charge in [0.15, 0.2) is 0 Å². The molecule has 1 aliphatic rings. The standard InChI is InChI=1S/C15H25BrN4O/c1-4-20-15(21)14(16)13(9-18-20)19(11(2)3)10-12-6-5-7-17-8-12/h9,11-12,17H,4-8,10H2,1-3H3. The quantitative estimate of drug-likeness (QED) is 0.878. The van der Waals surface area contributed by atoms with Crippen LogP contribution in [0, 0.1) is 5.92 Å². The first kappa shape index (κ1) is 16.5. The number of hydrogen-bond donors (Lipinski definition) is 1. The Balaban J connectivity index is 2.25. The van der Waals surface area contributed by atoms with Crippen molar-refractivity contribution in [2.75, 3.05) is 24.5 Å². The Kier molecular flexibility index (Phi) is 5.81. The predicted molar refractivity (Wildman–Crippen MR) is 89.9 cm³/mol. The number of nitrogens with one attached hydrogen (secondary N) is 1. The maximum absolute atomic E-state index is 12.3. The molecule has 0 radical (unpaired) electrons. The maximum atomic E-state index is 12.3. The van der Waals surface area contributed by atoms with E-state index in [1.807, 2.05) is 13.1 Å². The molecule has 1 fully saturated rings. The molecule has 5 nitrogen and oxygen atoms in total. The van der Waals surface area contributed by atoms with Gasteiger partial charge in [0, 0.05) is 19.1 Å².